The topological polar surface area (TPSA) is 49.3 Å². The van der Waals surface area contributed by atoms with Gasteiger partial charge in [-0.05, 0) is 56.7 Å². The largest absolute Gasteiger partial charge is 0.480 e. The highest BCUT2D eigenvalue weighted by Crippen LogP contribution is 2.40. The van der Waals surface area contributed by atoms with E-state index >= 15 is 0 Å². The van der Waals surface area contributed by atoms with Crippen molar-refractivity contribution in [3.05, 3.63) is 28.7 Å². The molecule has 2 aliphatic rings. The summed E-state index contributed by atoms with van der Waals surface area (Å²) in [5.74, 6) is -0.672. The average molecular weight is 370 g/mol. The number of benzene rings is 1. The quantitative estimate of drug-likeness (QED) is 0.821. The molecule has 1 aromatic carbocycles. The average Bonchev–Trinajstić information content (AvgIpc) is 3.23. The van der Waals surface area contributed by atoms with Crippen molar-refractivity contribution in [3.8, 4) is 0 Å². The van der Waals surface area contributed by atoms with Gasteiger partial charge in [-0.1, -0.05) is 22.0 Å². The molecule has 2 N–H and O–H groups in total. The molecule has 0 heterocycles. The van der Waals surface area contributed by atoms with Crippen LogP contribution in [0.4, 0.5) is 0 Å². The Bertz CT molecular complexity index is 535. The van der Waals surface area contributed by atoms with E-state index in [4.69, 9.17) is 0 Å². The molecule has 2 fully saturated rings. The highest BCUT2D eigenvalue weighted by atomic mass is 79.9. The van der Waals surface area contributed by atoms with E-state index in [9.17, 15) is 9.90 Å². The molecule has 0 amide bonds. The molecule has 0 bridgehead atoms. The van der Waals surface area contributed by atoms with E-state index in [0.29, 0.717) is 11.3 Å². The first-order valence-electron chi connectivity index (χ1n) is 7.51. The molecule has 2 unspecified atom stereocenters. The van der Waals surface area contributed by atoms with Gasteiger partial charge in [0.25, 0.3) is 0 Å². The predicted molar refractivity (Wildman–Crippen MR) is 88.8 cm³/mol. The van der Waals surface area contributed by atoms with Crippen LogP contribution in [0.25, 0.3) is 0 Å². The molecule has 114 valence electrons. The zero-order valence-corrected chi connectivity index (χ0v) is 14.3. The highest BCUT2D eigenvalue weighted by Gasteiger charge is 2.46. The molecular formula is C16H20BrNO2S. The fourth-order valence-corrected chi connectivity index (χ4v) is 5.00. The van der Waals surface area contributed by atoms with Crippen LogP contribution >= 0.6 is 27.7 Å². The normalized spacial score (nSPS) is 29.3. The molecule has 2 atom stereocenters. The van der Waals surface area contributed by atoms with Gasteiger partial charge >= 0.3 is 5.97 Å². The van der Waals surface area contributed by atoms with Gasteiger partial charge in [0.2, 0.25) is 0 Å². The third-order valence-electron chi connectivity index (χ3n) is 4.27. The van der Waals surface area contributed by atoms with E-state index in [1.807, 2.05) is 23.9 Å². The molecule has 0 aromatic heterocycles. The van der Waals surface area contributed by atoms with Crippen LogP contribution in [0.2, 0.25) is 0 Å². The monoisotopic (exact) mass is 369 g/mol. The number of rotatable bonds is 5. The number of carboxylic acid groups (broad SMARTS) is 1. The fourth-order valence-electron chi connectivity index (χ4n) is 3.06. The lowest BCUT2D eigenvalue weighted by molar-refractivity contribution is -0.146. The van der Waals surface area contributed by atoms with Crippen LogP contribution in [0.5, 0.6) is 0 Å². The standard InChI is InChI=1S/C16H20BrNO2S/c17-11-3-1-4-13(9-11)21-14-5-2-8-16(10-14,15(19)20)18-12-6-7-12/h1,3-4,9,12,14,18H,2,5-8,10H2,(H,19,20). The minimum Gasteiger partial charge on any atom is -0.480 e. The van der Waals surface area contributed by atoms with Crippen LogP contribution in [0, 0.1) is 0 Å². The van der Waals surface area contributed by atoms with Gasteiger partial charge < -0.3 is 5.11 Å². The van der Waals surface area contributed by atoms with Crippen molar-refractivity contribution in [2.45, 2.75) is 60.3 Å². The van der Waals surface area contributed by atoms with Gasteiger partial charge in [0.05, 0.1) is 0 Å². The van der Waals surface area contributed by atoms with Crippen LogP contribution in [0.1, 0.15) is 38.5 Å². The van der Waals surface area contributed by atoms with E-state index in [-0.39, 0.29) is 0 Å². The van der Waals surface area contributed by atoms with E-state index in [1.165, 1.54) is 4.90 Å². The van der Waals surface area contributed by atoms with Crippen LogP contribution in [0.15, 0.2) is 33.6 Å². The van der Waals surface area contributed by atoms with Crippen molar-refractivity contribution in [2.75, 3.05) is 0 Å². The molecule has 0 spiro atoms. The lowest BCUT2D eigenvalue weighted by atomic mass is 9.81. The van der Waals surface area contributed by atoms with Gasteiger partial charge in [0.1, 0.15) is 5.54 Å². The second-order valence-electron chi connectivity index (χ2n) is 6.10. The SMILES string of the molecule is O=C(O)C1(NC2CC2)CCCC(Sc2cccc(Br)c2)C1. The molecule has 21 heavy (non-hydrogen) atoms. The first-order valence-corrected chi connectivity index (χ1v) is 9.18. The lowest BCUT2D eigenvalue weighted by Gasteiger charge is -2.38. The Morgan fingerprint density at radius 2 is 2.19 bits per heavy atom. The third-order valence-corrected chi connectivity index (χ3v) is 6.03. The molecule has 0 radical (unpaired) electrons. The summed E-state index contributed by atoms with van der Waals surface area (Å²) in [6.45, 7) is 0. The van der Waals surface area contributed by atoms with Crippen LogP contribution < -0.4 is 5.32 Å². The number of carbonyl (C=O) groups is 1. The molecule has 2 saturated carbocycles. The molecular weight excluding hydrogens is 350 g/mol. The van der Waals surface area contributed by atoms with E-state index in [0.717, 1.165) is 43.0 Å². The maximum Gasteiger partial charge on any atom is 0.323 e. The van der Waals surface area contributed by atoms with Crippen LogP contribution in [0.3, 0.4) is 0 Å². The smallest absolute Gasteiger partial charge is 0.323 e. The highest BCUT2D eigenvalue weighted by molar-refractivity contribution is 9.10. The maximum atomic E-state index is 11.8. The zero-order valence-electron chi connectivity index (χ0n) is 11.8. The minimum absolute atomic E-state index is 0.371. The van der Waals surface area contributed by atoms with Crippen molar-refractivity contribution in [3.63, 3.8) is 0 Å². The molecule has 3 nitrogen and oxygen atoms in total. The van der Waals surface area contributed by atoms with E-state index in [1.54, 1.807) is 0 Å². The number of aliphatic carboxylic acids is 1. The van der Waals surface area contributed by atoms with Crippen molar-refractivity contribution in [2.24, 2.45) is 0 Å². The summed E-state index contributed by atoms with van der Waals surface area (Å²) in [7, 11) is 0. The summed E-state index contributed by atoms with van der Waals surface area (Å²) >= 11 is 5.31. The molecule has 0 aliphatic heterocycles. The predicted octanol–water partition coefficient (Wildman–Crippen LogP) is 4.06. The summed E-state index contributed by atoms with van der Waals surface area (Å²) in [5.41, 5.74) is -0.705. The van der Waals surface area contributed by atoms with Gasteiger partial charge in [-0.2, -0.15) is 0 Å². The third kappa shape index (κ3) is 3.82. The Balaban J connectivity index is 1.70. The number of hydrogen-bond donors (Lipinski definition) is 2. The number of halogens is 1. The van der Waals surface area contributed by atoms with Gasteiger partial charge in [0, 0.05) is 20.7 Å². The van der Waals surface area contributed by atoms with Gasteiger partial charge in [0.15, 0.2) is 0 Å². The number of nitrogens with one attached hydrogen (secondary N) is 1. The van der Waals surface area contributed by atoms with Crippen molar-refractivity contribution >= 4 is 33.7 Å². The molecule has 5 heteroatoms. The van der Waals surface area contributed by atoms with Gasteiger partial charge in [-0.25, -0.2) is 0 Å². The zero-order chi connectivity index (χ0) is 14.9. The Morgan fingerprint density at radius 1 is 1.38 bits per heavy atom. The van der Waals surface area contributed by atoms with Crippen molar-refractivity contribution in [1.82, 2.24) is 5.32 Å². The number of thioether (sulfide) groups is 1. The minimum atomic E-state index is -0.705. The maximum absolute atomic E-state index is 11.8. The van der Waals surface area contributed by atoms with Crippen LogP contribution in [-0.4, -0.2) is 27.9 Å². The first-order chi connectivity index (χ1) is 10.1. The van der Waals surface area contributed by atoms with Crippen LogP contribution in [-0.2, 0) is 4.79 Å². The molecule has 3 rings (SSSR count). The summed E-state index contributed by atoms with van der Waals surface area (Å²) in [4.78, 5) is 13.0. The van der Waals surface area contributed by atoms with Crippen molar-refractivity contribution < 1.29 is 9.90 Å². The second kappa shape index (κ2) is 6.31. The summed E-state index contributed by atoms with van der Waals surface area (Å²) in [6, 6.07) is 8.68. The fraction of sp³-hybridized carbons (Fsp3) is 0.562. The second-order valence-corrected chi connectivity index (χ2v) is 8.39. The summed E-state index contributed by atoms with van der Waals surface area (Å²) < 4.78 is 1.07. The van der Waals surface area contributed by atoms with Gasteiger partial charge in [-0.15, -0.1) is 11.8 Å². The number of hydrogen-bond acceptors (Lipinski definition) is 3. The van der Waals surface area contributed by atoms with Crippen molar-refractivity contribution in [1.29, 1.82) is 0 Å². The number of carboxylic acids is 1. The summed E-state index contributed by atoms with van der Waals surface area (Å²) in [5, 5.41) is 13.5. The first kappa shape index (κ1) is 15.4. The molecule has 2 aliphatic carbocycles. The summed E-state index contributed by atoms with van der Waals surface area (Å²) in [6.07, 6.45) is 5.80. The molecule has 0 saturated heterocycles. The Hall–Kier alpha value is -0.520. The Labute approximate surface area is 138 Å². The Morgan fingerprint density at radius 3 is 2.86 bits per heavy atom. The lowest BCUT2D eigenvalue weighted by Crippen LogP contribution is -2.56. The van der Waals surface area contributed by atoms with E-state index < -0.39 is 11.5 Å². The molecule has 1 aromatic rings. The van der Waals surface area contributed by atoms with E-state index in [2.05, 4.69) is 33.4 Å². The van der Waals surface area contributed by atoms with Gasteiger partial charge in [-0.3, -0.25) is 10.1 Å². The Kier molecular flexibility index (Phi) is 4.62.